The minimum Gasteiger partial charge on any atom is -0.488 e. The van der Waals surface area contributed by atoms with Crippen molar-refractivity contribution in [3.63, 3.8) is 0 Å². The maximum Gasteiger partial charge on any atom is 0.307 e. The number of nitrogens with zero attached hydrogens (tertiary/aromatic N) is 2. The Morgan fingerprint density at radius 3 is 2.76 bits per heavy atom. The molecule has 2 aromatic carbocycles. The van der Waals surface area contributed by atoms with Crippen LogP contribution < -0.4 is 4.74 Å². The number of benzene rings is 2. The third-order valence-electron chi connectivity index (χ3n) is 4.51. The SMILES string of the molecule is Cn1cc(-c2cc3c(CC(=O)O)coc3cc2OCc2ccc(Cl)cc2Cl)cn1. The molecule has 0 unspecified atom stereocenters. The van der Waals surface area contributed by atoms with Gasteiger partial charge < -0.3 is 14.3 Å². The molecule has 0 radical (unpaired) electrons. The second-order valence-electron chi connectivity index (χ2n) is 6.60. The summed E-state index contributed by atoms with van der Waals surface area (Å²) in [5, 5.41) is 15.2. The van der Waals surface area contributed by atoms with E-state index in [0.717, 1.165) is 22.1 Å². The van der Waals surface area contributed by atoms with Crippen molar-refractivity contribution in [1.82, 2.24) is 9.78 Å². The molecular weight excluding hydrogens is 415 g/mol. The highest BCUT2D eigenvalue weighted by molar-refractivity contribution is 6.35. The van der Waals surface area contributed by atoms with Gasteiger partial charge in [-0.15, -0.1) is 0 Å². The zero-order valence-corrected chi connectivity index (χ0v) is 16.9. The van der Waals surface area contributed by atoms with Crippen LogP contribution in [0.25, 0.3) is 22.1 Å². The monoisotopic (exact) mass is 430 g/mol. The molecule has 4 rings (SSSR count). The average molecular weight is 431 g/mol. The Bertz CT molecular complexity index is 1210. The van der Waals surface area contributed by atoms with Gasteiger partial charge in [-0.2, -0.15) is 5.10 Å². The predicted octanol–water partition coefficient (Wildman–Crippen LogP) is 5.35. The van der Waals surface area contributed by atoms with Gasteiger partial charge in [0.2, 0.25) is 0 Å². The summed E-state index contributed by atoms with van der Waals surface area (Å²) >= 11 is 12.2. The van der Waals surface area contributed by atoms with Crippen LogP contribution in [0.3, 0.4) is 0 Å². The number of furan rings is 1. The van der Waals surface area contributed by atoms with Crippen LogP contribution in [0.2, 0.25) is 10.0 Å². The molecule has 0 saturated carbocycles. The van der Waals surface area contributed by atoms with E-state index in [9.17, 15) is 4.79 Å². The molecule has 6 nitrogen and oxygen atoms in total. The highest BCUT2D eigenvalue weighted by Crippen LogP contribution is 2.37. The maximum absolute atomic E-state index is 11.1. The highest BCUT2D eigenvalue weighted by atomic mass is 35.5. The van der Waals surface area contributed by atoms with Crippen LogP contribution in [0, 0.1) is 0 Å². The van der Waals surface area contributed by atoms with Gasteiger partial charge in [0.05, 0.1) is 18.9 Å². The number of aromatic nitrogens is 2. The van der Waals surface area contributed by atoms with E-state index in [4.69, 9.17) is 37.5 Å². The molecule has 0 atom stereocenters. The van der Waals surface area contributed by atoms with Crippen LogP contribution in [0.1, 0.15) is 11.1 Å². The molecule has 1 N–H and O–H groups in total. The Hall–Kier alpha value is -2.96. The molecule has 0 amide bonds. The molecule has 4 aromatic rings. The molecule has 0 aliphatic carbocycles. The summed E-state index contributed by atoms with van der Waals surface area (Å²) < 4.78 is 13.3. The van der Waals surface area contributed by atoms with Gasteiger partial charge in [-0.05, 0) is 18.2 Å². The fraction of sp³-hybridized carbons (Fsp3) is 0.143. The van der Waals surface area contributed by atoms with Gasteiger partial charge in [0.1, 0.15) is 17.9 Å². The number of carboxylic acids is 1. The van der Waals surface area contributed by atoms with E-state index in [1.165, 1.54) is 6.26 Å². The first-order valence-corrected chi connectivity index (χ1v) is 9.48. The van der Waals surface area contributed by atoms with Crippen molar-refractivity contribution in [1.29, 1.82) is 0 Å². The number of hydrogen-bond acceptors (Lipinski definition) is 4. The third-order valence-corrected chi connectivity index (χ3v) is 5.10. The minimum absolute atomic E-state index is 0.125. The first kappa shape index (κ1) is 19.4. The van der Waals surface area contributed by atoms with Crippen molar-refractivity contribution in [3.8, 4) is 16.9 Å². The molecule has 148 valence electrons. The molecule has 0 fully saturated rings. The van der Waals surface area contributed by atoms with Gasteiger partial charge in [0.15, 0.2) is 0 Å². The van der Waals surface area contributed by atoms with Crippen molar-refractivity contribution < 1.29 is 19.1 Å². The maximum atomic E-state index is 11.1. The topological polar surface area (TPSA) is 77.5 Å². The van der Waals surface area contributed by atoms with E-state index in [-0.39, 0.29) is 13.0 Å². The molecule has 0 bridgehead atoms. The largest absolute Gasteiger partial charge is 0.488 e. The Balaban J connectivity index is 1.75. The number of carboxylic acid groups (broad SMARTS) is 1. The molecular formula is C21H16Cl2N2O4. The summed E-state index contributed by atoms with van der Waals surface area (Å²) in [4.78, 5) is 11.1. The summed E-state index contributed by atoms with van der Waals surface area (Å²) in [5.74, 6) is -0.346. The summed E-state index contributed by atoms with van der Waals surface area (Å²) in [7, 11) is 1.82. The number of rotatable bonds is 6. The van der Waals surface area contributed by atoms with Crippen molar-refractivity contribution in [2.45, 2.75) is 13.0 Å². The van der Waals surface area contributed by atoms with Gasteiger partial charge in [0, 0.05) is 57.0 Å². The second kappa shape index (κ2) is 7.81. The fourth-order valence-electron chi connectivity index (χ4n) is 3.11. The number of halogens is 2. The van der Waals surface area contributed by atoms with Gasteiger partial charge in [0.25, 0.3) is 0 Å². The Morgan fingerprint density at radius 1 is 1.24 bits per heavy atom. The van der Waals surface area contributed by atoms with Crippen LogP contribution in [0.5, 0.6) is 5.75 Å². The van der Waals surface area contributed by atoms with E-state index < -0.39 is 5.97 Å². The van der Waals surface area contributed by atoms with E-state index in [2.05, 4.69) is 5.10 Å². The number of aliphatic carboxylic acids is 1. The molecule has 0 aliphatic heterocycles. The van der Waals surface area contributed by atoms with Gasteiger partial charge in [-0.1, -0.05) is 29.3 Å². The highest BCUT2D eigenvalue weighted by Gasteiger charge is 2.17. The average Bonchev–Trinajstić information content (AvgIpc) is 3.26. The van der Waals surface area contributed by atoms with Crippen molar-refractivity contribution in [3.05, 3.63) is 70.2 Å². The summed E-state index contributed by atoms with van der Waals surface area (Å²) in [5.41, 5.74) is 3.56. The molecule has 0 saturated heterocycles. The lowest BCUT2D eigenvalue weighted by Crippen LogP contribution is -2.00. The van der Waals surface area contributed by atoms with Crippen LogP contribution >= 0.6 is 23.2 Å². The van der Waals surface area contributed by atoms with Crippen LogP contribution in [-0.4, -0.2) is 20.9 Å². The zero-order valence-electron chi connectivity index (χ0n) is 15.4. The van der Waals surface area contributed by atoms with Gasteiger partial charge in [-0.3, -0.25) is 9.48 Å². The zero-order chi connectivity index (χ0) is 20.5. The number of carbonyl (C=O) groups is 1. The molecule has 29 heavy (non-hydrogen) atoms. The first-order valence-electron chi connectivity index (χ1n) is 8.72. The third kappa shape index (κ3) is 4.09. The van der Waals surface area contributed by atoms with Crippen molar-refractivity contribution in [2.24, 2.45) is 7.05 Å². The lowest BCUT2D eigenvalue weighted by molar-refractivity contribution is -0.136. The summed E-state index contributed by atoms with van der Waals surface area (Å²) in [6.07, 6.45) is 4.92. The van der Waals surface area contributed by atoms with Crippen LogP contribution in [-0.2, 0) is 24.9 Å². The normalized spacial score (nSPS) is 11.1. The number of hydrogen-bond donors (Lipinski definition) is 1. The lowest BCUT2D eigenvalue weighted by atomic mass is 10.0. The van der Waals surface area contributed by atoms with Crippen LogP contribution in [0.4, 0.5) is 0 Å². The van der Waals surface area contributed by atoms with E-state index in [0.29, 0.717) is 26.9 Å². The van der Waals surface area contributed by atoms with E-state index in [1.807, 2.05) is 25.4 Å². The number of aryl methyl sites for hydroxylation is 1. The van der Waals surface area contributed by atoms with Gasteiger partial charge in [-0.25, -0.2) is 0 Å². The molecule has 0 spiro atoms. The van der Waals surface area contributed by atoms with E-state index >= 15 is 0 Å². The minimum atomic E-state index is -0.923. The summed E-state index contributed by atoms with van der Waals surface area (Å²) in [6.45, 7) is 0.234. The molecule has 0 aliphatic rings. The Morgan fingerprint density at radius 2 is 2.07 bits per heavy atom. The smallest absolute Gasteiger partial charge is 0.307 e. The Labute approximate surface area is 176 Å². The van der Waals surface area contributed by atoms with Gasteiger partial charge >= 0.3 is 5.97 Å². The Kier molecular flexibility index (Phi) is 5.22. The van der Waals surface area contributed by atoms with E-state index in [1.54, 1.807) is 29.1 Å². The first-order chi connectivity index (χ1) is 13.9. The number of ether oxygens (including phenoxy) is 1. The molecule has 2 heterocycles. The summed E-state index contributed by atoms with van der Waals surface area (Å²) in [6, 6.07) is 8.85. The lowest BCUT2D eigenvalue weighted by Gasteiger charge is -2.12. The number of fused-ring (bicyclic) bond motifs is 1. The van der Waals surface area contributed by atoms with Crippen molar-refractivity contribution in [2.75, 3.05) is 0 Å². The van der Waals surface area contributed by atoms with Crippen LogP contribution in [0.15, 0.2) is 53.4 Å². The molecule has 2 aromatic heterocycles. The second-order valence-corrected chi connectivity index (χ2v) is 7.45. The molecule has 8 heteroatoms. The fourth-order valence-corrected chi connectivity index (χ4v) is 3.57. The predicted molar refractivity (Wildman–Crippen MR) is 111 cm³/mol. The van der Waals surface area contributed by atoms with Crippen molar-refractivity contribution >= 4 is 40.1 Å². The standard InChI is InChI=1S/C21H16Cl2N2O4/c1-25-9-14(8-24-25)17-6-16-13(4-21(26)27)11-29-19(16)7-20(17)28-10-12-2-3-15(22)5-18(12)23/h2-3,5-9,11H,4,10H2,1H3,(H,26,27). The quantitative estimate of drug-likeness (QED) is 0.446.